The molecule has 1 heterocycles. The Bertz CT molecular complexity index is 1750. The molecule has 0 bridgehead atoms. The van der Waals surface area contributed by atoms with E-state index < -0.39 is 71.9 Å². The molecule has 16 heteroatoms. The number of nitrogens with one attached hydrogen (secondary N) is 3. The molecule has 0 radical (unpaired) electrons. The molecule has 3 N–H and O–H groups in total. The minimum absolute atomic E-state index is 0.0845. The molecule has 1 aromatic heterocycles. The number of aromatic nitrogens is 1. The van der Waals surface area contributed by atoms with Crippen LogP contribution >= 0.6 is 11.6 Å². The van der Waals surface area contributed by atoms with E-state index in [9.17, 15) is 37.1 Å². The lowest BCUT2D eigenvalue weighted by Crippen LogP contribution is -2.55. The highest BCUT2D eigenvalue weighted by Gasteiger charge is 2.45. The van der Waals surface area contributed by atoms with Gasteiger partial charge in [0.05, 0.1) is 13.2 Å². The predicted molar refractivity (Wildman–Crippen MR) is 184 cm³/mol. The Hall–Kier alpha value is -5.18. The number of rotatable bonds is 15. The maximum absolute atomic E-state index is 14.0. The second kappa shape index (κ2) is 17.8. The smallest absolute Gasteiger partial charge is 0.452 e. The number of carbonyl (C=O) groups excluding carboxylic acids is 5. The van der Waals surface area contributed by atoms with Crippen LogP contribution in [0.3, 0.4) is 0 Å². The molecule has 3 aromatic rings. The molecule has 0 unspecified atom stereocenters. The van der Waals surface area contributed by atoms with Gasteiger partial charge in [-0.1, -0.05) is 55.8 Å². The van der Waals surface area contributed by atoms with Gasteiger partial charge in [0.1, 0.15) is 29.1 Å². The maximum Gasteiger partial charge on any atom is 0.452 e. The van der Waals surface area contributed by atoms with Crippen molar-refractivity contribution in [1.82, 2.24) is 20.9 Å². The first-order chi connectivity index (χ1) is 24.3. The lowest BCUT2D eigenvalue weighted by molar-refractivity contribution is -0.175. The third kappa shape index (κ3) is 12.5. The van der Waals surface area contributed by atoms with Crippen molar-refractivity contribution in [2.45, 2.75) is 70.9 Å². The molecule has 0 aliphatic rings. The van der Waals surface area contributed by atoms with Crippen LogP contribution in [0.1, 0.15) is 62.3 Å². The number of alkyl halides is 3. The van der Waals surface area contributed by atoms with Gasteiger partial charge >= 0.3 is 12.1 Å². The summed E-state index contributed by atoms with van der Waals surface area (Å²) < 4.78 is 56.0. The van der Waals surface area contributed by atoms with Crippen LogP contribution in [0.2, 0.25) is 5.02 Å². The average molecular weight is 749 g/mol. The van der Waals surface area contributed by atoms with Crippen LogP contribution in [0.15, 0.2) is 66.7 Å². The first-order valence-corrected chi connectivity index (χ1v) is 16.4. The van der Waals surface area contributed by atoms with Crippen LogP contribution in [-0.4, -0.2) is 72.0 Å². The van der Waals surface area contributed by atoms with Crippen LogP contribution < -0.4 is 25.4 Å². The van der Waals surface area contributed by atoms with Crippen molar-refractivity contribution in [2.24, 2.45) is 5.92 Å². The van der Waals surface area contributed by atoms with Crippen molar-refractivity contribution in [3.63, 3.8) is 0 Å². The largest absolute Gasteiger partial charge is 0.497 e. The van der Waals surface area contributed by atoms with Gasteiger partial charge in [-0.15, -0.1) is 0 Å². The molecule has 0 saturated carbocycles. The minimum Gasteiger partial charge on any atom is -0.497 e. The Morgan fingerprint density at radius 1 is 0.865 bits per heavy atom. The third-order valence-corrected chi connectivity index (χ3v) is 7.42. The SMILES string of the molecule is COc1ccc([C@H](NC(=O)[C@H](Cc2cccc(Cl)c2)NC(=O)c2cccc(OCC(=O)OC(C)(C)C)n2)C(=O)N[C@H](C(=O)C(F)(F)F)C(C)C)cc1. The van der Waals surface area contributed by atoms with Gasteiger partial charge in [-0.3, -0.25) is 19.2 Å². The van der Waals surface area contributed by atoms with Crippen LogP contribution in [0, 0.1) is 5.92 Å². The van der Waals surface area contributed by atoms with E-state index in [0.717, 1.165) is 0 Å². The fourth-order valence-corrected chi connectivity index (χ4v) is 4.97. The highest BCUT2D eigenvalue weighted by molar-refractivity contribution is 6.30. The number of halogens is 4. The van der Waals surface area contributed by atoms with Gasteiger partial charge in [-0.2, -0.15) is 13.2 Å². The number of benzene rings is 2. The Morgan fingerprint density at radius 2 is 1.52 bits per heavy atom. The molecule has 3 amide bonds. The minimum atomic E-state index is -5.24. The molecular weight excluding hydrogens is 709 g/mol. The number of ketones is 1. The summed E-state index contributed by atoms with van der Waals surface area (Å²) >= 11 is 6.16. The molecule has 0 aliphatic carbocycles. The Balaban J connectivity index is 1.93. The third-order valence-electron chi connectivity index (χ3n) is 7.19. The lowest BCUT2D eigenvalue weighted by atomic mass is 9.97. The summed E-state index contributed by atoms with van der Waals surface area (Å²) in [5, 5.41) is 7.57. The molecular formula is C36H40ClF3N4O8. The molecule has 2 aromatic carbocycles. The lowest BCUT2D eigenvalue weighted by Gasteiger charge is -2.27. The summed E-state index contributed by atoms with van der Waals surface area (Å²) in [6.07, 6.45) is -5.38. The number of carbonyl (C=O) groups is 5. The average Bonchev–Trinajstić information content (AvgIpc) is 3.06. The van der Waals surface area contributed by atoms with Crippen LogP contribution in [-0.2, 0) is 30.3 Å². The topological polar surface area (TPSA) is 162 Å². The normalized spacial score (nSPS) is 13.3. The molecule has 0 fully saturated rings. The molecule has 0 saturated heterocycles. The van der Waals surface area contributed by atoms with Crippen LogP contribution in [0.5, 0.6) is 11.6 Å². The van der Waals surface area contributed by atoms with Crippen LogP contribution in [0.4, 0.5) is 13.2 Å². The standard InChI is InChI=1S/C36H40ClF3N4O8/c1-20(2)29(31(46)36(38,39)40)43-34(49)30(22-13-15-24(50-6)16-14-22)44-33(48)26(18-21-9-7-10-23(37)17-21)42-32(47)25-11-8-12-27(41-25)51-19-28(45)52-35(3,4)5/h7-17,20,26,29-30H,18-19H2,1-6H3,(H,42,47)(H,43,49)(H,44,48)/t26-,29-,30-/m0/s1. The zero-order chi connectivity index (χ0) is 38.8. The van der Waals surface area contributed by atoms with Gasteiger partial charge in [-0.05, 0) is 68.1 Å². The van der Waals surface area contributed by atoms with Crippen molar-refractivity contribution in [1.29, 1.82) is 0 Å². The molecule has 52 heavy (non-hydrogen) atoms. The molecule has 0 aliphatic heterocycles. The molecule has 0 spiro atoms. The van der Waals surface area contributed by atoms with Gasteiger partial charge in [0.15, 0.2) is 6.61 Å². The quantitative estimate of drug-likeness (QED) is 0.183. The molecule has 12 nitrogen and oxygen atoms in total. The van der Waals surface area contributed by atoms with E-state index in [4.69, 9.17) is 25.8 Å². The summed E-state index contributed by atoms with van der Waals surface area (Å²) in [4.78, 5) is 69.5. The first kappa shape index (κ1) is 41.2. The Morgan fingerprint density at radius 3 is 2.10 bits per heavy atom. The number of esters is 1. The number of pyridine rings is 1. The van der Waals surface area contributed by atoms with E-state index in [1.807, 2.05) is 0 Å². The van der Waals surface area contributed by atoms with Gasteiger partial charge in [0.2, 0.25) is 17.7 Å². The first-order valence-electron chi connectivity index (χ1n) is 16.0. The number of Topliss-reactive ketones (excluding diaryl/α,β-unsaturated/α-hetero) is 1. The van der Waals surface area contributed by atoms with E-state index >= 15 is 0 Å². The van der Waals surface area contributed by atoms with Crippen molar-refractivity contribution in [3.8, 4) is 11.6 Å². The number of amides is 3. The Kier molecular flexibility index (Phi) is 14.2. The molecule has 3 atom stereocenters. The fraction of sp³-hybridized carbons (Fsp3) is 0.389. The predicted octanol–water partition coefficient (Wildman–Crippen LogP) is 4.93. The fourth-order valence-electron chi connectivity index (χ4n) is 4.75. The highest BCUT2D eigenvalue weighted by atomic mass is 35.5. The number of methoxy groups -OCH3 is 1. The van der Waals surface area contributed by atoms with Crippen molar-refractivity contribution < 1.29 is 51.4 Å². The number of hydrogen-bond acceptors (Lipinski definition) is 9. The summed E-state index contributed by atoms with van der Waals surface area (Å²) in [6, 6.07) is 11.4. The van der Waals surface area contributed by atoms with E-state index in [2.05, 4.69) is 20.9 Å². The zero-order valence-corrected chi connectivity index (χ0v) is 30.1. The number of nitrogens with zero attached hydrogens (tertiary/aromatic N) is 1. The van der Waals surface area contributed by atoms with Crippen LogP contribution in [0.25, 0.3) is 0 Å². The van der Waals surface area contributed by atoms with E-state index in [0.29, 0.717) is 16.3 Å². The number of hydrogen-bond donors (Lipinski definition) is 3. The number of ether oxygens (including phenoxy) is 3. The monoisotopic (exact) mass is 748 g/mol. The summed E-state index contributed by atoms with van der Waals surface area (Å²) in [7, 11) is 1.40. The van der Waals surface area contributed by atoms with Crippen molar-refractivity contribution in [3.05, 3.63) is 88.6 Å². The molecule has 3 rings (SSSR count). The summed E-state index contributed by atoms with van der Waals surface area (Å²) in [6.45, 7) is 7.23. The maximum atomic E-state index is 14.0. The highest BCUT2D eigenvalue weighted by Crippen LogP contribution is 2.24. The van der Waals surface area contributed by atoms with E-state index in [1.165, 1.54) is 63.4 Å². The summed E-state index contributed by atoms with van der Waals surface area (Å²) in [5.74, 6) is -6.35. The zero-order valence-electron chi connectivity index (χ0n) is 29.3. The van der Waals surface area contributed by atoms with Gasteiger partial charge in [0, 0.05) is 17.5 Å². The van der Waals surface area contributed by atoms with Gasteiger partial charge < -0.3 is 30.2 Å². The second-order valence-electron chi connectivity index (χ2n) is 12.9. The second-order valence-corrected chi connectivity index (χ2v) is 13.3. The van der Waals surface area contributed by atoms with Gasteiger partial charge in [0.25, 0.3) is 11.7 Å². The summed E-state index contributed by atoms with van der Waals surface area (Å²) in [5.41, 5.74) is -0.299. The van der Waals surface area contributed by atoms with E-state index in [-0.39, 0.29) is 23.6 Å². The van der Waals surface area contributed by atoms with Crippen molar-refractivity contribution in [2.75, 3.05) is 13.7 Å². The van der Waals surface area contributed by atoms with E-state index in [1.54, 1.807) is 45.0 Å². The van der Waals surface area contributed by atoms with Crippen molar-refractivity contribution >= 4 is 41.1 Å². The Labute approximate surface area is 303 Å². The van der Waals surface area contributed by atoms with Gasteiger partial charge in [-0.25, -0.2) is 9.78 Å². The molecule has 280 valence electrons.